The standard InChI is InChI=1S/C18H15FN2O/c1-11-2-4-12(5-3-11)15-10-14(19)8-13-9-16-18(22)20-6-7-21(16)17(13)15/h2-5,8-10H,6-7H2,1H3,(H,20,22). The number of aromatic nitrogens is 1. The lowest BCUT2D eigenvalue weighted by atomic mass is 10.0. The molecule has 0 spiro atoms. The lowest BCUT2D eigenvalue weighted by molar-refractivity contribution is 0.0929. The summed E-state index contributed by atoms with van der Waals surface area (Å²) in [6, 6.07) is 12.8. The van der Waals surface area contributed by atoms with Gasteiger partial charge in [0.05, 0.1) is 5.52 Å². The Bertz CT molecular complexity index is 894. The summed E-state index contributed by atoms with van der Waals surface area (Å²) in [4.78, 5) is 12.0. The number of aryl methyl sites for hydroxylation is 1. The van der Waals surface area contributed by atoms with Gasteiger partial charge in [0.1, 0.15) is 11.5 Å². The first-order chi connectivity index (χ1) is 10.6. The second-order valence-corrected chi connectivity index (χ2v) is 5.69. The number of rotatable bonds is 1. The molecule has 0 unspecified atom stereocenters. The van der Waals surface area contributed by atoms with E-state index in [1.807, 2.05) is 35.8 Å². The SMILES string of the molecule is Cc1ccc(-c2cc(F)cc3cc4n(c23)CCNC4=O)cc1. The van der Waals surface area contributed by atoms with Crippen molar-refractivity contribution in [3.05, 3.63) is 59.5 Å². The summed E-state index contributed by atoms with van der Waals surface area (Å²) in [5.74, 6) is -0.385. The van der Waals surface area contributed by atoms with Gasteiger partial charge in [-0.25, -0.2) is 4.39 Å². The van der Waals surface area contributed by atoms with Gasteiger partial charge in [0, 0.05) is 24.0 Å². The molecule has 0 aliphatic carbocycles. The molecule has 2 heterocycles. The summed E-state index contributed by atoms with van der Waals surface area (Å²) < 4.78 is 16.0. The summed E-state index contributed by atoms with van der Waals surface area (Å²) >= 11 is 0. The van der Waals surface area contributed by atoms with Crippen molar-refractivity contribution in [3.8, 4) is 11.1 Å². The van der Waals surface area contributed by atoms with Gasteiger partial charge in [0.2, 0.25) is 0 Å². The van der Waals surface area contributed by atoms with Crippen LogP contribution in [0.15, 0.2) is 42.5 Å². The Hall–Kier alpha value is -2.62. The van der Waals surface area contributed by atoms with Gasteiger partial charge in [-0.15, -0.1) is 0 Å². The van der Waals surface area contributed by atoms with Gasteiger partial charge in [0.15, 0.2) is 0 Å². The maximum absolute atomic E-state index is 14.0. The van der Waals surface area contributed by atoms with Gasteiger partial charge >= 0.3 is 0 Å². The summed E-state index contributed by atoms with van der Waals surface area (Å²) in [6.45, 7) is 3.32. The third-order valence-corrected chi connectivity index (χ3v) is 4.17. The molecule has 1 N–H and O–H groups in total. The number of fused-ring (bicyclic) bond motifs is 3. The highest BCUT2D eigenvalue weighted by Gasteiger charge is 2.22. The fourth-order valence-electron chi connectivity index (χ4n) is 3.12. The van der Waals surface area contributed by atoms with Crippen molar-refractivity contribution >= 4 is 16.8 Å². The van der Waals surface area contributed by atoms with Crippen LogP contribution < -0.4 is 5.32 Å². The molecule has 22 heavy (non-hydrogen) atoms. The molecule has 1 amide bonds. The second-order valence-electron chi connectivity index (χ2n) is 5.69. The minimum absolute atomic E-state index is 0.0993. The number of carbonyl (C=O) groups excluding carboxylic acids is 1. The van der Waals surface area contributed by atoms with Crippen LogP contribution in [0.3, 0.4) is 0 Å². The minimum Gasteiger partial charge on any atom is -0.349 e. The number of nitrogens with one attached hydrogen (secondary N) is 1. The molecule has 3 aromatic rings. The van der Waals surface area contributed by atoms with E-state index in [2.05, 4.69) is 5.32 Å². The van der Waals surface area contributed by atoms with Crippen LogP contribution in [0.25, 0.3) is 22.0 Å². The zero-order valence-electron chi connectivity index (χ0n) is 12.2. The molecule has 3 nitrogen and oxygen atoms in total. The average molecular weight is 294 g/mol. The van der Waals surface area contributed by atoms with Crippen LogP contribution in [0.2, 0.25) is 0 Å². The fraction of sp³-hybridized carbons (Fsp3) is 0.167. The predicted octanol–water partition coefficient (Wildman–Crippen LogP) is 3.50. The van der Waals surface area contributed by atoms with Crippen LogP contribution in [0.5, 0.6) is 0 Å². The molecule has 110 valence electrons. The van der Waals surface area contributed by atoms with Crippen LogP contribution in [0, 0.1) is 12.7 Å². The van der Waals surface area contributed by atoms with Crippen molar-refractivity contribution in [2.45, 2.75) is 13.5 Å². The summed E-state index contributed by atoms with van der Waals surface area (Å²) in [5, 5.41) is 3.59. The number of halogens is 1. The summed E-state index contributed by atoms with van der Waals surface area (Å²) in [6.07, 6.45) is 0. The monoisotopic (exact) mass is 294 g/mol. The number of hydrogen-bond acceptors (Lipinski definition) is 1. The molecule has 2 aromatic carbocycles. The van der Waals surface area contributed by atoms with Crippen LogP contribution in [-0.2, 0) is 6.54 Å². The minimum atomic E-state index is -0.286. The van der Waals surface area contributed by atoms with E-state index in [-0.39, 0.29) is 11.7 Å². The van der Waals surface area contributed by atoms with E-state index in [4.69, 9.17) is 0 Å². The highest BCUT2D eigenvalue weighted by Crippen LogP contribution is 2.33. The van der Waals surface area contributed by atoms with Gasteiger partial charge in [0.25, 0.3) is 5.91 Å². The van der Waals surface area contributed by atoms with Gasteiger partial charge in [-0.3, -0.25) is 4.79 Å². The molecular formula is C18H15FN2O. The normalized spacial score (nSPS) is 14.0. The largest absolute Gasteiger partial charge is 0.349 e. The lowest BCUT2D eigenvalue weighted by Gasteiger charge is -2.18. The smallest absolute Gasteiger partial charge is 0.268 e. The van der Waals surface area contributed by atoms with Crippen molar-refractivity contribution in [1.82, 2.24) is 9.88 Å². The van der Waals surface area contributed by atoms with Gasteiger partial charge in [-0.05, 0) is 30.7 Å². The molecule has 0 fully saturated rings. The topological polar surface area (TPSA) is 34.0 Å². The lowest BCUT2D eigenvalue weighted by Crippen LogP contribution is -2.34. The third kappa shape index (κ3) is 1.91. The quantitative estimate of drug-likeness (QED) is 0.732. The Morgan fingerprint density at radius 3 is 2.68 bits per heavy atom. The van der Waals surface area contributed by atoms with Crippen LogP contribution in [-0.4, -0.2) is 17.0 Å². The number of carbonyl (C=O) groups is 1. The number of nitrogens with zero attached hydrogens (tertiary/aromatic N) is 1. The first kappa shape index (κ1) is 13.1. The molecule has 1 aliphatic heterocycles. The van der Waals surface area contributed by atoms with E-state index in [0.717, 1.165) is 27.6 Å². The van der Waals surface area contributed by atoms with Crippen molar-refractivity contribution in [3.63, 3.8) is 0 Å². The fourth-order valence-corrected chi connectivity index (χ4v) is 3.12. The highest BCUT2D eigenvalue weighted by molar-refractivity contribution is 6.03. The zero-order valence-corrected chi connectivity index (χ0v) is 12.2. The van der Waals surface area contributed by atoms with Crippen LogP contribution in [0.4, 0.5) is 4.39 Å². The van der Waals surface area contributed by atoms with Gasteiger partial charge in [-0.1, -0.05) is 29.8 Å². The number of hydrogen-bond donors (Lipinski definition) is 1. The molecule has 1 aliphatic rings. The Morgan fingerprint density at radius 2 is 1.91 bits per heavy atom. The summed E-state index contributed by atoms with van der Waals surface area (Å²) in [5.41, 5.74) is 4.47. The molecule has 4 rings (SSSR count). The Labute approximate surface area is 127 Å². The van der Waals surface area contributed by atoms with Crippen LogP contribution in [0.1, 0.15) is 16.1 Å². The average Bonchev–Trinajstić information content (AvgIpc) is 2.87. The summed E-state index contributed by atoms with van der Waals surface area (Å²) in [7, 11) is 0. The molecule has 0 bridgehead atoms. The first-order valence-corrected chi connectivity index (χ1v) is 7.31. The molecule has 0 saturated heterocycles. The second kappa shape index (κ2) is 4.70. The number of amides is 1. The molecule has 0 radical (unpaired) electrons. The van der Waals surface area contributed by atoms with Gasteiger partial charge < -0.3 is 9.88 Å². The Kier molecular flexibility index (Phi) is 2.79. The van der Waals surface area contributed by atoms with E-state index < -0.39 is 0 Å². The Balaban J connectivity index is 2.05. The third-order valence-electron chi connectivity index (χ3n) is 4.17. The molecule has 0 atom stereocenters. The Morgan fingerprint density at radius 1 is 1.14 bits per heavy atom. The van der Waals surface area contributed by atoms with E-state index in [1.165, 1.54) is 6.07 Å². The van der Waals surface area contributed by atoms with E-state index in [1.54, 1.807) is 12.1 Å². The molecule has 1 aromatic heterocycles. The van der Waals surface area contributed by atoms with Gasteiger partial charge in [-0.2, -0.15) is 0 Å². The van der Waals surface area contributed by atoms with Crippen molar-refractivity contribution in [2.24, 2.45) is 0 Å². The molecular weight excluding hydrogens is 279 g/mol. The highest BCUT2D eigenvalue weighted by atomic mass is 19.1. The van der Waals surface area contributed by atoms with E-state index in [9.17, 15) is 9.18 Å². The molecule has 4 heteroatoms. The number of benzene rings is 2. The van der Waals surface area contributed by atoms with E-state index >= 15 is 0 Å². The predicted molar refractivity (Wildman–Crippen MR) is 84.4 cm³/mol. The maximum atomic E-state index is 14.0. The zero-order chi connectivity index (χ0) is 15.3. The van der Waals surface area contributed by atoms with Crippen LogP contribution >= 0.6 is 0 Å². The maximum Gasteiger partial charge on any atom is 0.268 e. The molecule has 0 saturated carbocycles. The van der Waals surface area contributed by atoms with E-state index in [0.29, 0.717) is 18.8 Å². The van der Waals surface area contributed by atoms with Crippen molar-refractivity contribution in [2.75, 3.05) is 6.54 Å². The first-order valence-electron chi connectivity index (χ1n) is 7.31. The van der Waals surface area contributed by atoms with Crippen molar-refractivity contribution in [1.29, 1.82) is 0 Å². The van der Waals surface area contributed by atoms with Crippen molar-refractivity contribution < 1.29 is 9.18 Å².